The van der Waals surface area contributed by atoms with Gasteiger partial charge in [-0.05, 0) is 45.8 Å². The molecule has 6 heteroatoms. The number of hydrogen-bond donors (Lipinski definition) is 1. The first-order valence-corrected chi connectivity index (χ1v) is 6.79. The number of methoxy groups -OCH3 is 1. The van der Waals surface area contributed by atoms with Crippen molar-refractivity contribution in [3.8, 4) is 11.5 Å². The summed E-state index contributed by atoms with van der Waals surface area (Å²) in [6, 6.07) is 9.16. The highest BCUT2D eigenvalue weighted by atomic mass is 79.9. The zero-order chi connectivity index (χ0) is 15.4. The van der Waals surface area contributed by atoms with E-state index in [1.54, 1.807) is 18.2 Å². The molecule has 2 aromatic rings. The van der Waals surface area contributed by atoms with Gasteiger partial charge in [0.1, 0.15) is 17.9 Å². The highest BCUT2D eigenvalue weighted by molar-refractivity contribution is 9.10. The van der Waals surface area contributed by atoms with Gasteiger partial charge in [-0.25, -0.2) is 9.18 Å². The number of halogens is 2. The molecule has 0 unspecified atom stereocenters. The smallest absolute Gasteiger partial charge is 0.339 e. The Bertz CT molecular complexity index is 673. The Hall–Kier alpha value is -2.08. The number of hydrogen-bond acceptors (Lipinski definition) is 3. The standard InChI is InChI=1S/C15H12BrFO4/c1-20-13-6-5-9(7-12(13)17)8-21-14-10(15(18)19)3-2-4-11(14)16/h2-7H,8H2,1H3,(H,18,19). The Morgan fingerprint density at radius 2 is 2.10 bits per heavy atom. The van der Waals surface area contributed by atoms with Gasteiger partial charge in [0.2, 0.25) is 0 Å². The lowest BCUT2D eigenvalue weighted by molar-refractivity contribution is 0.0691. The van der Waals surface area contributed by atoms with Crippen molar-refractivity contribution in [2.24, 2.45) is 0 Å². The van der Waals surface area contributed by atoms with Crippen molar-refractivity contribution in [3.63, 3.8) is 0 Å². The van der Waals surface area contributed by atoms with Gasteiger partial charge in [0, 0.05) is 0 Å². The summed E-state index contributed by atoms with van der Waals surface area (Å²) in [5.41, 5.74) is 0.610. The molecule has 0 saturated carbocycles. The fourth-order valence-corrected chi connectivity index (χ4v) is 2.26. The molecule has 2 aromatic carbocycles. The summed E-state index contributed by atoms with van der Waals surface area (Å²) < 4.78 is 24.4. The summed E-state index contributed by atoms with van der Waals surface area (Å²) in [6.45, 7) is 0.0454. The van der Waals surface area contributed by atoms with E-state index in [0.717, 1.165) is 0 Å². The second-order valence-electron chi connectivity index (χ2n) is 4.18. The van der Waals surface area contributed by atoms with Gasteiger partial charge in [-0.15, -0.1) is 0 Å². The second-order valence-corrected chi connectivity index (χ2v) is 5.03. The van der Waals surface area contributed by atoms with E-state index < -0.39 is 11.8 Å². The molecule has 110 valence electrons. The van der Waals surface area contributed by atoms with E-state index in [1.807, 2.05) is 0 Å². The minimum atomic E-state index is -1.09. The molecule has 21 heavy (non-hydrogen) atoms. The first kappa shape index (κ1) is 15.3. The van der Waals surface area contributed by atoms with Crippen molar-refractivity contribution < 1.29 is 23.8 Å². The topological polar surface area (TPSA) is 55.8 Å². The molecule has 0 fully saturated rings. The summed E-state index contributed by atoms with van der Waals surface area (Å²) in [4.78, 5) is 11.1. The van der Waals surface area contributed by atoms with Crippen LogP contribution in [0.15, 0.2) is 40.9 Å². The number of benzene rings is 2. The first-order chi connectivity index (χ1) is 10.0. The van der Waals surface area contributed by atoms with E-state index in [9.17, 15) is 9.18 Å². The van der Waals surface area contributed by atoms with Crippen molar-refractivity contribution in [1.29, 1.82) is 0 Å². The highest BCUT2D eigenvalue weighted by Gasteiger charge is 2.14. The van der Waals surface area contributed by atoms with Crippen LogP contribution >= 0.6 is 15.9 Å². The number of aromatic carboxylic acids is 1. The van der Waals surface area contributed by atoms with Crippen LogP contribution in [0.1, 0.15) is 15.9 Å². The van der Waals surface area contributed by atoms with E-state index in [-0.39, 0.29) is 23.7 Å². The van der Waals surface area contributed by atoms with Crippen molar-refractivity contribution in [3.05, 3.63) is 57.8 Å². The largest absolute Gasteiger partial charge is 0.494 e. The van der Waals surface area contributed by atoms with Gasteiger partial charge in [0.25, 0.3) is 0 Å². The molecule has 4 nitrogen and oxygen atoms in total. The molecule has 0 spiro atoms. The quantitative estimate of drug-likeness (QED) is 0.885. The molecule has 0 aliphatic rings. The van der Waals surface area contributed by atoms with E-state index in [2.05, 4.69) is 15.9 Å². The molecule has 0 bridgehead atoms. The van der Waals surface area contributed by atoms with Crippen molar-refractivity contribution in [1.82, 2.24) is 0 Å². The van der Waals surface area contributed by atoms with Gasteiger partial charge in [0.05, 0.1) is 11.6 Å². The van der Waals surface area contributed by atoms with E-state index >= 15 is 0 Å². The Kier molecular flexibility index (Phi) is 4.80. The van der Waals surface area contributed by atoms with Crippen LogP contribution in [-0.2, 0) is 6.61 Å². The SMILES string of the molecule is COc1ccc(COc2c(Br)cccc2C(=O)O)cc1F. The number of carbonyl (C=O) groups is 1. The molecule has 2 rings (SSSR count). The van der Waals surface area contributed by atoms with Crippen molar-refractivity contribution in [2.75, 3.05) is 7.11 Å². The summed E-state index contributed by atoms with van der Waals surface area (Å²) in [7, 11) is 1.38. The van der Waals surface area contributed by atoms with Gasteiger partial charge in [-0.3, -0.25) is 0 Å². The highest BCUT2D eigenvalue weighted by Crippen LogP contribution is 2.30. The van der Waals surface area contributed by atoms with Gasteiger partial charge in [-0.2, -0.15) is 0 Å². The molecular formula is C15H12BrFO4. The van der Waals surface area contributed by atoms with Crippen LogP contribution in [0.3, 0.4) is 0 Å². The number of carboxylic acids is 1. The number of carboxylic acid groups (broad SMARTS) is 1. The van der Waals surface area contributed by atoms with Crippen LogP contribution < -0.4 is 9.47 Å². The maximum atomic E-state index is 13.6. The van der Waals surface area contributed by atoms with E-state index in [0.29, 0.717) is 10.0 Å². The minimum absolute atomic E-state index is 0.0401. The lowest BCUT2D eigenvalue weighted by atomic mass is 10.2. The Morgan fingerprint density at radius 1 is 1.33 bits per heavy atom. The second kappa shape index (κ2) is 6.58. The fourth-order valence-electron chi connectivity index (χ4n) is 1.78. The maximum absolute atomic E-state index is 13.6. The number of ether oxygens (including phenoxy) is 2. The molecule has 0 saturated heterocycles. The first-order valence-electron chi connectivity index (χ1n) is 6.00. The van der Waals surface area contributed by atoms with Crippen LogP contribution in [0.5, 0.6) is 11.5 Å². The Labute approximate surface area is 129 Å². The monoisotopic (exact) mass is 354 g/mol. The molecular weight excluding hydrogens is 343 g/mol. The third-order valence-electron chi connectivity index (χ3n) is 2.80. The molecule has 0 aliphatic carbocycles. The summed E-state index contributed by atoms with van der Waals surface area (Å²) in [5, 5.41) is 9.12. The number of para-hydroxylation sites is 1. The van der Waals surface area contributed by atoms with Gasteiger partial charge < -0.3 is 14.6 Å². The molecule has 0 amide bonds. The third kappa shape index (κ3) is 3.52. The minimum Gasteiger partial charge on any atom is -0.494 e. The average molecular weight is 355 g/mol. The molecule has 0 heterocycles. The Morgan fingerprint density at radius 3 is 2.71 bits per heavy atom. The van der Waals surface area contributed by atoms with Gasteiger partial charge in [-0.1, -0.05) is 12.1 Å². The predicted molar refractivity (Wildman–Crippen MR) is 78.4 cm³/mol. The third-order valence-corrected chi connectivity index (χ3v) is 3.42. The normalized spacial score (nSPS) is 10.2. The zero-order valence-electron chi connectivity index (χ0n) is 11.1. The summed E-state index contributed by atoms with van der Waals surface area (Å²) in [5.74, 6) is -1.23. The van der Waals surface area contributed by atoms with Crippen molar-refractivity contribution >= 4 is 21.9 Å². The van der Waals surface area contributed by atoms with E-state index in [4.69, 9.17) is 14.6 Å². The van der Waals surface area contributed by atoms with Crippen LogP contribution in [0.2, 0.25) is 0 Å². The van der Waals surface area contributed by atoms with Crippen LogP contribution in [0.25, 0.3) is 0 Å². The molecule has 0 radical (unpaired) electrons. The van der Waals surface area contributed by atoms with E-state index in [1.165, 1.54) is 25.3 Å². The Balaban J connectivity index is 2.20. The average Bonchev–Trinajstić information content (AvgIpc) is 2.45. The number of rotatable bonds is 5. The van der Waals surface area contributed by atoms with Crippen LogP contribution in [-0.4, -0.2) is 18.2 Å². The van der Waals surface area contributed by atoms with Crippen LogP contribution in [0.4, 0.5) is 4.39 Å². The zero-order valence-corrected chi connectivity index (χ0v) is 12.7. The molecule has 0 atom stereocenters. The summed E-state index contributed by atoms with van der Waals surface area (Å²) >= 11 is 3.24. The fraction of sp³-hybridized carbons (Fsp3) is 0.133. The lowest BCUT2D eigenvalue weighted by Crippen LogP contribution is -2.04. The maximum Gasteiger partial charge on any atom is 0.339 e. The lowest BCUT2D eigenvalue weighted by Gasteiger charge is -2.11. The molecule has 1 N–H and O–H groups in total. The van der Waals surface area contributed by atoms with Gasteiger partial charge >= 0.3 is 5.97 Å². The molecule has 0 aromatic heterocycles. The van der Waals surface area contributed by atoms with Gasteiger partial charge in [0.15, 0.2) is 11.6 Å². The van der Waals surface area contributed by atoms with Crippen molar-refractivity contribution in [2.45, 2.75) is 6.61 Å². The molecule has 0 aliphatic heterocycles. The predicted octanol–water partition coefficient (Wildman–Crippen LogP) is 3.87. The van der Waals surface area contributed by atoms with Crippen LogP contribution in [0, 0.1) is 5.82 Å². The summed E-state index contributed by atoms with van der Waals surface area (Å²) in [6.07, 6.45) is 0.